The van der Waals surface area contributed by atoms with Crippen LogP contribution in [0, 0.1) is 40.4 Å². The zero-order chi connectivity index (χ0) is 20.5. The molecule has 4 aliphatic carbocycles. The van der Waals surface area contributed by atoms with E-state index in [0.29, 0.717) is 35.0 Å². The van der Waals surface area contributed by atoms with Gasteiger partial charge in [0.2, 0.25) is 0 Å². The lowest BCUT2D eigenvalue weighted by Crippen LogP contribution is -2.56. The summed E-state index contributed by atoms with van der Waals surface area (Å²) < 4.78 is 0. The van der Waals surface area contributed by atoms with Crippen LogP contribution in [0.25, 0.3) is 0 Å². The Morgan fingerprint density at radius 3 is 2.36 bits per heavy atom. The second-order valence-corrected chi connectivity index (χ2v) is 10.6. The van der Waals surface area contributed by atoms with Gasteiger partial charge < -0.3 is 10.2 Å². The Morgan fingerprint density at radius 2 is 1.64 bits per heavy atom. The van der Waals surface area contributed by atoms with Gasteiger partial charge in [0.25, 0.3) is 0 Å². The van der Waals surface area contributed by atoms with Crippen LogP contribution in [-0.2, 0) is 4.79 Å². The number of aliphatic hydroxyl groups excluding tert-OH is 1. The average Bonchev–Trinajstić information content (AvgIpc) is 3.00. The number of carboxylic acid groups (broad SMARTS) is 1. The first-order valence-electron chi connectivity index (χ1n) is 12.3. The third-order valence-electron chi connectivity index (χ3n) is 9.73. The van der Waals surface area contributed by atoms with Crippen molar-refractivity contribution in [2.24, 2.45) is 40.4 Å². The van der Waals surface area contributed by atoms with Crippen LogP contribution in [0.2, 0.25) is 0 Å². The minimum atomic E-state index is -0.653. The number of hydrogen-bond donors (Lipinski definition) is 2. The topological polar surface area (TPSA) is 57.5 Å². The highest BCUT2D eigenvalue weighted by molar-refractivity contribution is 5.66. The predicted molar refractivity (Wildman–Crippen MR) is 114 cm³/mol. The maximum Gasteiger partial charge on any atom is 0.303 e. The molecular weight excluding hydrogens is 348 g/mol. The Balaban J connectivity index is 0.00000109. The summed E-state index contributed by atoms with van der Waals surface area (Å²) >= 11 is 0. The van der Waals surface area contributed by atoms with Crippen LogP contribution in [0.5, 0.6) is 0 Å². The van der Waals surface area contributed by atoms with Crippen molar-refractivity contribution in [1.82, 2.24) is 0 Å². The number of rotatable bonds is 4. The molecule has 4 aliphatic rings. The van der Waals surface area contributed by atoms with Gasteiger partial charge >= 0.3 is 5.97 Å². The lowest BCUT2D eigenvalue weighted by Gasteiger charge is -2.61. The molecule has 6 unspecified atom stereocenters. The highest BCUT2D eigenvalue weighted by Gasteiger charge is 2.61. The van der Waals surface area contributed by atoms with Gasteiger partial charge in [-0.2, -0.15) is 0 Å². The molecule has 0 heterocycles. The predicted octanol–water partition coefficient (Wildman–Crippen LogP) is 6.29. The third-order valence-corrected chi connectivity index (χ3v) is 9.73. The van der Waals surface area contributed by atoms with Gasteiger partial charge in [-0.15, -0.1) is 0 Å². The van der Waals surface area contributed by atoms with Crippen LogP contribution in [0.4, 0.5) is 0 Å². The Labute approximate surface area is 172 Å². The van der Waals surface area contributed by atoms with Crippen molar-refractivity contribution in [3.05, 3.63) is 0 Å². The number of carboxylic acids is 1. The monoisotopic (exact) mass is 392 g/mol. The van der Waals surface area contributed by atoms with E-state index in [2.05, 4.69) is 13.8 Å². The number of fused-ring (bicyclic) bond motifs is 5. The fourth-order valence-electron chi connectivity index (χ4n) is 8.44. The van der Waals surface area contributed by atoms with Crippen molar-refractivity contribution in [2.45, 2.75) is 111 Å². The van der Waals surface area contributed by atoms with Gasteiger partial charge in [-0.1, -0.05) is 40.5 Å². The van der Waals surface area contributed by atoms with Crippen LogP contribution >= 0.6 is 0 Å². The fourth-order valence-corrected chi connectivity index (χ4v) is 8.44. The molecule has 0 aromatic heterocycles. The standard InChI is InChI=1S/C23H38O3.C2H6/c1-22-13-11-18-16(14-20(24)19-7-3-4-12-23(18,19)2)17(22)10-9-15(22)6-5-8-21(25)26;1-2/h15-20,24H,3-14H2,1-2H3,(H,25,26);1-2H3/t15?,16?,17?,18-,19?,20-,22?,23?;/m0./s1. The Morgan fingerprint density at radius 1 is 0.929 bits per heavy atom. The molecule has 0 saturated heterocycles. The van der Waals surface area contributed by atoms with Gasteiger partial charge in [-0.25, -0.2) is 0 Å². The summed E-state index contributed by atoms with van der Waals surface area (Å²) in [4.78, 5) is 10.9. The Bertz CT molecular complexity index is 546. The first kappa shape index (κ1) is 22.1. The van der Waals surface area contributed by atoms with Gasteiger partial charge in [0.15, 0.2) is 0 Å². The molecule has 4 fully saturated rings. The largest absolute Gasteiger partial charge is 0.481 e. The third kappa shape index (κ3) is 3.66. The highest BCUT2D eigenvalue weighted by Crippen LogP contribution is 2.67. The maximum absolute atomic E-state index is 11.0. The molecule has 3 nitrogen and oxygen atoms in total. The molecule has 0 aromatic rings. The molecule has 4 rings (SSSR count). The molecule has 0 spiro atoms. The summed E-state index contributed by atoms with van der Waals surface area (Å²) in [5, 5.41) is 20.0. The quantitative estimate of drug-likeness (QED) is 0.591. The molecule has 2 N–H and O–H groups in total. The SMILES string of the molecule is CC.CC12CC[C@H]3C(C[C@H](O)C4CCCCC43C)C1CCC2CCCC(=O)O. The summed E-state index contributed by atoms with van der Waals surface area (Å²) in [6.45, 7) is 9.02. The molecule has 162 valence electrons. The van der Waals surface area contributed by atoms with Gasteiger partial charge in [0, 0.05) is 6.42 Å². The van der Waals surface area contributed by atoms with E-state index in [1.165, 1.54) is 51.4 Å². The van der Waals surface area contributed by atoms with E-state index in [1.807, 2.05) is 13.8 Å². The maximum atomic E-state index is 11.0. The Kier molecular flexibility index (Phi) is 6.84. The molecule has 0 aliphatic heterocycles. The van der Waals surface area contributed by atoms with E-state index < -0.39 is 5.97 Å². The van der Waals surface area contributed by atoms with Crippen molar-refractivity contribution in [1.29, 1.82) is 0 Å². The molecule has 4 saturated carbocycles. The smallest absolute Gasteiger partial charge is 0.303 e. The van der Waals surface area contributed by atoms with Crippen molar-refractivity contribution < 1.29 is 15.0 Å². The van der Waals surface area contributed by atoms with Crippen LogP contribution in [-0.4, -0.2) is 22.3 Å². The lowest BCUT2D eigenvalue weighted by molar-refractivity contribution is -0.157. The van der Waals surface area contributed by atoms with Crippen LogP contribution in [0.3, 0.4) is 0 Å². The van der Waals surface area contributed by atoms with E-state index in [4.69, 9.17) is 5.11 Å². The van der Waals surface area contributed by atoms with Gasteiger partial charge in [0.1, 0.15) is 0 Å². The average molecular weight is 393 g/mol. The zero-order valence-electron chi connectivity index (χ0n) is 18.8. The molecular formula is C25H44O3. The van der Waals surface area contributed by atoms with Gasteiger partial charge in [-0.05, 0) is 98.2 Å². The zero-order valence-corrected chi connectivity index (χ0v) is 18.8. The second kappa shape index (κ2) is 8.66. The molecule has 3 heteroatoms. The summed E-state index contributed by atoms with van der Waals surface area (Å²) in [6.07, 6.45) is 13.7. The Hall–Kier alpha value is -0.570. The number of aliphatic carboxylic acids is 1. The fraction of sp³-hybridized carbons (Fsp3) is 0.960. The van der Waals surface area contributed by atoms with E-state index in [-0.39, 0.29) is 6.10 Å². The summed E-state index contributed by atoms with van der Waals surface area (Å²) in [5.41, 5.74) is 0.751. The number of carbonyl (C=O) groups is 1. The van der Waals surface area contributed by atoms with E-state index in [9.17, 15) is 9.90 Å². The molecule has 28 heavy (non-hydrogen) atoms. The van der Waals surface area contributed by atoms with Crippen LogP contribution < -0.4 is 0 Å². The first-order valence-corrected chi connectivity index (χ1v) is 12.3. The molecule has 0 radical (unpaired) electrons. The molecule has 0 bridgehead atoms. The summed E-state index contributed by atoms with van der Waals surface area (Å²) in [7, 11) is 0. The number of hydrogen-bond acceptors (Lipinski definition) is 2. The molecule has 0 aromatic carbocycles. The van der Waals surface area contributed by atoms with Gasteiger partial charge in [-0.3, -0.25) is 4.79 Å². The van der Waals surface area contributed by atoms with Crippen molar-refractivity contribution in [3.63, 3.8) is 0 Å². The van der Waals surface area contributed by atoms with Gasteiger partial charge in [0.05, 0.1) is 6.10 Å². The first-order chi connectivity index (χ1) is 13.4. The van der Waals surface area contributed by atoms with Crippen LogP contribution in [0.15, 0.2) is 0 Å². The molecule has 8 atom stereocenters. The minimum absolute atomic E-state index is 0.0880. The van der Waals surface area contributed by atoms with E-state index in [1.54, 1.807) is 0 Å². The number of aliphatic hydroxyl groups is 1. The van der Waals surface area contributed by atoms with E-state index >= 15 is 0 Å². The van der Waals surface area contributed by atoms with E-state index in [0.717, 1.165) is 31.1 Å². The van der Waals surface area contributed by atoms with Crippen molar-refractivity contribution in [2.75, 3.05) is 0 Å². The highest BCUT2D eigenvalue weighted by atomic mass is 16.4. The summed E-state index contributed by atoms with van der Waals surface area (Å²) in [6, 6.07) is 0. The van der Waals surface area contributed by atoms with Crippen LogP contribution in [0.1, 0.15) is 105 Å². The molecule has 0 amide bonds. The minimum Gasteiger partial charge on any atom is -0.481 e. The summed E-state index contributed by atoms with van der Waals surface area (Å²) in [5.74, 6) is 2.85. The lowest BCUT2D eigenvalue weighted by atomic mass is 9.44. The second-order valence-electron chi connectivity index (χ2n) is 10.6. The normalized spacial score (nSPS) is 47.2. The van der Waals surface area contributed by atoms with Crippen molar-refractivity contribution in [3.8, 4) is 0 Å². The van der Waals surface area contributed by atoms with Crippen molar-refractivity contribution >= 4 is 5.97 Å².